The summed E-state index contributed by atoms with van der Waals surface area (Å²) in [7, 11) is -2.10. The van der Waals surface area contributed by atoms with E-state index in [4.69, 9.17) is 4.42 Å². The highest BCUT2D eigenvalue weighted by Crippen LogP contribution is 2.24. The fourth-order valence-electron chi connectivity index (χ4n) is 2.78. The monoisotopic (exact) mass is 334 g/mol. The Morgan fingerprint density at radius 3 is 2.87 bits per heavy atom. The van der Waals surface area contributed by atoms with Crippen LogP contribution in [0.2, 0.25) is 0 Å². The molecule has 0 radical (unpaired) electrons. The number of aryl methyl sites for hydroxylation is 1. The van der Waals surface area contributed by atoms with Gasteiger partial charge in [0, 0.05) is 19.8 Å². The number of rotatable bonds is 2. The summed E-state index contributed by atoms with van der Waals surface area (Å²) in [5.74, 6) is -0.517. The summed E-state index contributed by atoms with van der Waals surface area (Å²) in [6.07, 6.45) is 1.67. The summed E-state index contributed by atoms with van der Waals surface area (Å²) in [6.45, 7) is 1.16. The van der Waals surface area contributed by atoms with Crippen molar-refractivity contribution in [1.29, 1.82) is 0 Å². The van der Waals surface area contributed by atoms with E-state index in [2.05, 4.69) is 5.10 Å². The third kappa shape index (κ3) is 2.12. The quantitative estimate of drug-likeness (QED) is 0.682. The van der Waals surface area contributed by atoms with Gasteiger partial charge < -0.3 is 4.42 Å². The number of hydrogen-bond donors (Lipinski definition) is 0. The number of sulfonamides is 1. The van der Waals surface area contributed by atoms with Crippen LogP contribution in [-0.2, 0) is 30.2 Å². The summed E-state index contributed by atoms with van der Waals surface area (Å²) >= 11 is 0. The highest BCUT2D eigenvalue weighted by Gasteiger charge is 2.29. The Morgan fingerprint density at radius 2 is 2.04 bits per heavy atom. The molecule has 0 atom stereocenters. The second kappa shape index (κ2) is 4.80. The largest absolute Gasteiger partial charge is 0.419 e. The molecule has 0 unspecified atom stereocenters. The molecule has 3 heterocycles. The van der Waals surface area contributed by atoms with E-state index in [9.17, 15) is 13.2 Å². The number of nitrogens with zero attached hydrogens (tertiary/aromatic N) is 4. The second-order valence-electron chi connectivity index (χ2n) is 5.44. The molecule has 120 valence electrons. The van der Waals surface area contributed by atoms with Crippen molar-refractivity contribution in [2.75, 3.05) is 6.54 Å². The fraction of sp³-hybridized carbons (Fsp3) is 0.286. The molecule has 1 aliphatic heterocycles. The Balaban J connectivity index is 1.77. The van der Waals surface area contributed by atoms with Crippen molar-refractivity contribution in [3.05, 3.63) is 46.7 Å². The van der Waals surface area contributed by atoms with E-state index in [1.165, 1.54) is 27.1 Å². The molecule has 0 spiro atoms. The molecule has 1 aromatic carbocycles. The highest BCUT2D eigenvalue weighted by atomic mass is 32.2. The number of hydrogen-bond acceptors (Lipinski definition) is 5. The van der Waals surface area contributed by atoms with E-state index in [1.807, 2.05) is 6.07 Å². The molecule has 0 amide bonds. The van der Waals surface area contributed by atoms with E-state index in [-0.39, 0.29) is 11.4 Å². The van der Waals surface area contributed by atoms with Crippen molar-refractivity contribution in [3.8, 4) is 0 Å². The van der Waals surface area contributed by atoms with Crippen LogP contribution in [0.5, 0.6) is 0 Å². The number of oxazole rings is 1. The maximum Gasteiger partial charge on any atom is 0.419 e. The van der Waals surface area contributed by atoms with Crippen molar-refractivity contribution >= 4 is 21.1 Å². The molecular formula is C14H14N4O4S. The highest BCUT2D eigenvalue weighted by molar-refractivity contribution is 7.89. The third-order valence-electron chi connectivity index (χ3n) is 4.10. The molecule has 0 saturated carbocycles. The zero-order chi connectivity index (χ0) is 16.2. The summed E-state index contributed by atoms with van der Waals surface area (Å²) in [6, 6.07) is 6.26. The minimum atomic E-state index is -3.65. The van der Waals surface area contributed by atoms with Crippen LogP contribution in [0.1, 0.15) is 5.69 Å². The minimum absolute atomic E-state index is 0.148. The summed E-state index contributed by atoms with van der Waals surface area (Å²) in [5.41, 5.74) is 1.68. The molecule has 0 saturated heterocycles. The van der Waals surface area contributed by atoms with Gasteiger partial charge in [-0.25, -0.2) is 13.2 Å². The van der Waals surface area contributed by atoms with Crippen LogP contribution in [0.15, 0.2) is 44.6 Å². The molecule has 2 aromatic heterocycles. The Morgan fingerprint density at radius 1 is 1.22 bits per heavy atom. The lowest BCUT2D eigenvalue weighted by Gasteiger charge is -2.26. The Hall–Kier alpha value is -2.39. The maximum atomic E-state index is 12.9. The fourth-order valence-corrected chi connectivity index (χ4v) is 4.21. The molecule has 8 nitrogen and oxygen atoms in total. The smallest absolute Gasteiger partial charge is 0.408 e. The molecule has 4 rings (SSSR count). The molecule has 0 aliphatic carbocycles. The summed E-state index contributed by atoms with van der Waals surface area (Å²) in [5, 5.41) is 4.15. The molecule has 0 fully saturated rings. The van der Waals surface area contributed by atoms with Crippen LogP contribution >= 0.6 is 0 Å². The van der Waals surface area contributed by atoms with Gasteiger partial charge >= 0.3 is 5.76 Å². The van der Waals surface area contributed by atoms with Gasteiger partial charge in [0.2, 0.25) is 10.0 Å². The van der Waals surface area contributed by atoms with E-state index in [0.717, 1.165) is 5.69 Å². The van der Waals surface area contributed by atoms with Gasteiger partial charge in [0.15, 0.2) is 5.58 Å². The van der Waals surface area contributed by atoms with Gasteiger partial charge in [-0.1, -0.05) is 0 Å². The second-order valence-corrected chi connectivity index (χ2v) is 7.38. The predicted molar refractivity (Wildman–Crippen MR) is 81.3 cm³/mol. The van der Waals surface area contributed by atoms with Crippen molar-refractivity contribution < 1.29 is 12.8 Å². The average Bonchev–Trinajstić information content (AvgIpc) is 3.11. The van der Waals surface area contributed by atoms with Crippen molar-refractivity contribution in [2.24, 2.45) is 7.05 Å². The Bertz CT molecular complexity index is 1060. The Kier molecular flexibility index (Phi) is 2.97. The molecule has 0 bridgehead atoms. The first-order chi connectivity index (χ1) is 11.0. The SMILES string of the molecule is Cn1c(=O)oc2ccc(S(=O)(=O)N3CCn4nccc4C3)cc21. The van der Waals surface area contributed by atoms with Crippen LogP contribution in [0, 0.1) is 0 Å². The van der Waals surface area contributed by atoms with E-state index < -0.39 is 15.8 Å². The molecule has 9 heteroatoms. The molecule has 1 aliphatic rings. The standard InChI is InChI=1S/C14H14N4O4S/c1-16-12-8-11(2-3-13(12)22-14(16)19)23(20,21)17-6-7-18-10(9-17)4-5-15-18/h2-5,8H,6-7,9H2,1H3. The van der Waals surface area contributed by atoms with Crippen LogP contribution in [-0.4, -0.2) is 33.6 Å². The van der Waals surface area contributed by atoms with E-state index in [1.54, 1.807) is 17.9 Å². The zero-order valence-corrected chi connectivity index (χ0v) is 13.2. The van der Waals surface area contributed by atoms with Crippen LogP contribution in [0.25, 0.3) is 11.1 Å². The topological polar surface area (TPSA) is 90.3 Å². The molecule has 3 aromatic rings. The lowest BCUT2D eigenvalue weighted by atomic mass is 10.3. The number of fused-ring (bicyclic) bond motifs is 2. The summed E-state index contributed by atoms with van der Waals surface area (Å²) in [4.78, 5) is 11.7. The molecule has 23 heavy (non-hydrogen) atoms. The normalized spacial score (nSPS) is 15.9. The summed E-state index contributed by atoms with van der Waals surface area (Å²) < 4.78 is 35.3. The van der Waals surface area contributed by atoms with Crippen molar-refractivity contribution in [3.63, 3.8) is 0 Å². The van der Waals surface area contributed by atoms with Crippen LogP contribution < -0.4 is 5.76 Å². The molecular weight excluding hydrogens is 320 g/mol. The first-order valence-electron chi connectivity index (χ1n) is 7.07. The third-order valence-corrected chi connectivity index (χ3v) is 5.95. The lowest BCUT2D eigenvalue weighted by Crippen LogP contribution is -2.38. The first-order valence-corrected chi connectivity index (χ1v) is 8.51. The van der Waals surface area contributed by atoms with Gasteiger partial charge in [-0.05, 0) is 24.3 Å². The van der Waals surface area contributed by atoms with Gasteiger partial charge in [-0.2, -0.15) is 9.40 Å². The van der Waals surface area contributed by atoms with E-state index in [0.29, 0.717) is 24.2 Å². The van der Waals surface area contributed by atoms with Gasteiger partial charge in [-0.15, -0.1) is 0 Å². The lowest BCUT2D eigenvalue weighted by molar-refractivity contribution is 0.326. The van der Waals surface area contributed by atoms with Crippen LogP contribution in [0.3, 0.4) is 0 Å². The average molecular weight is 334 g/mol. The number of benzene rings is 1. The van der Waals surface area contributed by atoms with Gasteiger partial charge in [0.25, 0.3) is 0 Å². The van der Waals surface area contributed by atoms with E-state index >= 15 is 0 Å². The maximum absolute atomic E-state index is 12.9. The van der Waals surface area contributed by atoms with Crippen molar-refractivity contribution in [2.45, 2.75) is 18.0 Å². The van der Waals surface area contributed by atoms with Gasteiger partial charge in [-0.3, -0.25) is 9.25 Å². The first kappa shape index (κ1) is 14.2. The van der Waals surface area contributed by atoms with Crippen molar-refractivity contribution in [1.82, 2.24) is 18.7 Å². The molecule has 0 N–H and O–H groups in total. The van der Waals surface area contributed by atoms with Gasteiger partial charge in [0.05, 0.1) is 29.2 Å². The van der Waals surface area contributed by atoms with Crippen LogP contribution in [0.4, 0.5) is 0 Å². The predicted octanol–water partition coefficient (Wildman–Crippen LogP) is 0.532. The van der Waals surface area contributed by atoms with Gasteiger partial charge in [0.1, 0.15) is 0 Å². The zero-order valence-electron chi connectivity index (χ0n) is 12.3. The Labute approximate surface area is 131 Å². The minimum Gasteiger partial charge on any atom is -0.408 e. The number of aromatic nitrogens is 3.